The molecule has 1 fully saturated rings. The van der Waals surface area contributed by atoms with Gasteiger partial charge in [-0.2, -0.15) is 0 Å². The van der Waals surface area contributed by atoms with Gasteiger partial charge in [-0.25, -0.2) is 8.78 Å². The summed E-state index contributed by atoms with van der Waals surface area (Å²) in [5, 5.41) is 14.0. The van der Waals surface area contributed by atoms with Crippen LogP contribution in [0.15, 0.2) is 36.4 Å². The molecule has 3 aromatic rings. The molecule has 1 saturated heterocycles. The number of para-hydroxylation sites is 1. The van der Waals surface area contributed by atoms with Crippen molar-refractivity contribution < 1.29 is 18.3 Å². The van der Waals surface area contributed by atoms with Crippen molar-refractivity contribution in [1.82, 2.24) is 14.8 Å². The molecular weight excluding hydrogens is 477 g/mol. The maximum Gasteiger partial charge on any atom is 0.133 e. The Hall–Kier alpha value is -2.55. The van der Waals surface area contributed by atoms with Crippen LogP contribution < -0.4 is 5.32 Å². The molecule has 5 nitrogen and oxygen atoms in total. The molecule has 3 heterocycles. The zero-order valence-electron chi connectivity index (χ0n) is 21.6. The van der Waals surface area contributed by atoms with Gasteiger partial charge in [0.1, 0.15) is 11.6 Å². The fraction of sp³-hybridized carbons (Fsp3) is 0.517. The maximum absolute atomic E-state index is 15.8. The first-order valence-electron chi connectivity index (χ1n) is 13.4. The minimum atomic E-state index is -0.756. The highest BCUT2D eigenvalue weighted by Gasteiger charge is 2.39. The molecule has 0 bridgehead atoms. The standard InChI is InChI=1S/C29H37F3N4O/c1-3-4-9-35-15-21(16-35)33-20-11-24(31)27(25(32)12-20)29-28-23(22-7-5-6-8-26(22)34-28)10-18(2)36(29)14-19(13-30)17-37/h5-8,11-12,18-19,21,29,33-34,37H,3-4,9-10,13-17H2,1-2H3. The molecule has 0 saturated carbocycles. The second-order valence-electron chi connectivity index (χ2n) is 10.7. The van der Waals surface area contributed by atoms with Gasteiger partial charge in [0, 0.05) is 66.0 Å². The molecule has 0 amide bonds. The molecule has 2 aliphatic heterocycles. The number of aliphatic hydroxyl groups excluding tert-OH is 1. The van der Waals surface area contributed by atoms with Gasteiger partial charge in [-0.15, -0.1) is 0 Å². The lowest BCUT2D eigenvalue weighted by molar-refractivity contribution is 0.0845. The molecule has 3 N–H and O–H groups in total. The quantitative estimate of drug-likeness (QED) is 0.346. The first-order chi connectivity index (χ1) is 17.9. The average Bonchev–Trinajstić information content (AvgIpc) is 3.22. The molecule has 200 valence electrons. The molecule has 3 atom stereocenters. The smallest absolute Gasteiger partial charge is 0.133 e. The summed E-state index contributed by atoms with van der Waals surface area (Å²) >= 11 is 0. The Labute approximate surface area is 216 Å². The second-order valence-corrected chi connectivity index (χ2v) is 10.7. The van der Waals surface area contributed by atoms with E-state index < -0.39 is 30.3 Å². The van der Waals surface area contributed by atoms with Crippen molar-refractivity contribution in [2.75, 3.05) is 44.8 Å². The number of aliphatic hydroxyl groups is 1. The Morgan fingerprint density at radius 3 is 2.57 bits per heavy atom. The Balaban J connectivity index is 1.49. The number of benzene rings is 2. The number of likely N-dealkylation sites (tertiary alicyclic amines) is 1. The number of alkyl halides is 1. The van der Waals surface area contributed by atoms with Crippen molar-refractivity contribution in [2.45, 2.75) is 51.2 Å². The molecule has 0 spiro atoms. The number of anilines is 1. The van der Waals surface area contributed by atoms with Crippen LogP contribution in [0.1, 0.15) is 49.6 Å². The summed E-state index contributed by atoms with van der Waals surface area (Å²) in [6.07, 6.45) is 2.96. The van der Waals surface area contributed by atoms with Gasteiger partial charge in [0.15, 0.2) is 0 Å². The first kappa shape index (κ1) is 26.1. The number of fused-ring (bicyclic) bond motifs is 3. The lowest BCUT2D eigenvalue weighted by Gasteiger charge is -2.42. The summed E-state index contributed by atoms with van der Waals surface area (Å²) < 4.78 is 45.3. The zero-order valence-corrected chi connectivity index (χ0v) is 21.6. The number of H-pyrrole nitrogens is 1. The summed E-state index contributed by atoms with van der Waals surface area (Å²) in [5.74, 6) is -1.88. The van der Waals surface area contributed by atoms with Gasteiger partial charge in [0.05, 0.1) is 18.8 Å². The van der Waals surface area contributed by atoms with Gasteiger partial charge in [-0.3, -0.25) is 14.2 Å². The van der Waals surface area contributed by atoms with Gasteiger partial charge in [0.25, 0.3) is 0 Å². The van der Waals surface area contributed by atoms with Crippen LogP contribution in [0.3, 0.4) is 0 Å². The highest BCUT2D eigenvalue weighted by molar-refractivity contribution is 5.85. The Kier molecular flexibility index (Phi) is 7.79. The SMILES string of the molecule is CCCCN1CC(Nc2cc(F)c(C3c4[nH]c5ccccc5c4CC(C)N3CC(CO)CF)c(F)c2)C1. The third-order valence-electron chi connectivity index (χ3n) is 7.97. The van der Waals surface area contributed by atoms with Gasteiger partial charge in [-0.1, -0.05) is 31.5 Å². The summed E-state index contributed by atoms with van der Waals surface area (Å²) in [7, 11) is 0. The van der Waals surface area contributed by atoms with E-state index in [0.29, 0.717) is 12.1 Å². The van der Waals surface area contributed by atoms with Crippen molar-refractivity contribution in [1.29, 1.82) is 0 Å². The summed E-state index contributed by atoms with van der Waals surface area (Å²) in [6.45, 7) is 6.11. The van der Waals surface area contributed by atoms with E-state index in [4.69, 9.17) is 0 Å². The largest absolute Gasteiger partial charge is 0.396 e. The Morgan fingerprint density at radius 1 is 1.16 bits per heavy atom. The molecule has 0 aliphatic carbocycles. The van der Waals surface area contributed by atoms with Gasteiger partial charge >= 0.3 is 0 Å². The van der Waals surface area contributed by atoms with Crippen molar-refractivity contribution in [3.8, 4) is 0 Å². The van der Waals surface area contributed by atoms with Crippen LogP contribution in [0.4, 0.5) is 18.9 Å². The van der Waals surface area contributed by atoms with Crippen LogP contribution in [0.25, 0.3) is 10.9 Å². The number of halogens is 3. The zero-order chi connectivity index (χ0) is 26.1. The molecule has 8 heteroatoms. The van der Waals surface area contributed by atoms with E-state index in [9.17, 15) is 9.50 Å². The number of aromatic amines is 1. The van der Waals surface area contributed by atoms with Crippen molar-refractivity contribution >= 4 is 16.6 Å². The predicted octanol–water partition coefficient (Wildman–Crippen LogP) is 5.26. The van der Waals surface area contributed by atoms with Crippen molar-refractivity contribution in [3.63, 3.8) is 0 Å². The summed E-state index contributed by atoms with van der Waals surface area (Å²) in [4.78, 5) is 7.68. The number of nitrogens with one attached hydrogen (secondary N) is 2. The maximum atomic E-state index is 15.8. The van der Waals surface area contributed by atoms with Crippen LogP contribution in [0.2, 0.25) is 0 Å². The van der Waals surface area contributed by atoms with Crippen LogP contribution in [0, 0.1) is 17.6 Å². The number of nitrogens with zero attached hydrogens (tertiary/aromatic N) is 2. The van der Waals surface area contributed by atoms with E-state index >= 15 is 8.78 Å². The van der Waals surface area contributed by atoms with E-state index in [0.717, 1.165) is 54.6 Å². The number of hydrogen-bond donors (Lipinski definition) is 3. The summed E-state index contributed by atoms with van der Waals surface area (Å²) in [6, 6.07) is 9.94. The normalized spacial score (nSPS) is 21.7. The van der Waals surface area contributed by atoms with Gasteiger partial charge < -0.3 is 15.4 Å². The molecule has 0 radical (unpaired) electrons. The van der Waals surface area contributed by atoms with Crippen molar-refractivity contribution in [3.05, 3.63) is 64.9 Å². The molecule has 2 aliphatic rings. The van der Waals surface area contributed by atoms with Crippen LogP contribution >= 0.6 is 0 Å². The van der Waals surface area contributed by atoms with E-state index in [1.807, 2.05) is 36.1 Å². The van der Waals surface area contributed by atoms with E-state index in [2.05, 4.69) is 22.1 Å². The van der Waals surface area contributed by atoms with Crippen molar-refractivity contribution in [2.24, 2.45) is 5.92 Å². The van der Waals surface area contributed by atoms with Crippen LogP contribution in [0.5, 0.6) is 0 Å². The van der Waals surface area contributed by atoms with E-state index in [-0.39, 0.29) is 30.8 Å². The predicted molar refractivity (Wildman–Crippen MR) is 142 cm³/mol. The lowest BCUT2D eigenvalue weighted by Crippen LogP contribution is -2.54. The van der Waals surface area contributed by atoms with Gasteiger partial charge in [0.2, 0.25) is 0 Å². The number of aromatic nitrogens is 1. The first-order valence-corrected chi connectivity index (χ1v) is 13.4. The Bertz CT molecular complexity index is 1200. The van der Waals surface area contributed by atoms with Crippen LogP contribution in [-0.2, 0) is 6.42 Å². The van der Waals surface area contributed by atoms with E-state index in [1.54, 1.807) is 0 Å². The molecular formula is C29H37F3N4O. The number of hydrogen-bond acceptors (Lipinski definition) is 4. The molecule has 2 aromatic carbocycles. The molecule has 37 heavy (non-hydrogen) atoms. The third-order valence-corrected chi connectivity index (χ3v) is 7.97. The molecule has 3 unspecified atom stereocenters. The van der Waals surface area contributed by atoms with Gasteiger partial charge in [-0.05, 0) is 50.1 Å². The fourth-order valence-corrected chi connectivity index (χ4v) is 5.95. The minimum Gasteiger partial charge on any atom is -0.396 e. The molecule has 1 aromatic heterocycles. The number of unbranched alkanes of at least 4 members (excludes halogenated alkanes) is 1. The second kappa shape index (κ2) is 11.1. The molecule has 5 rings (SSSR count). The highest BCUT2D eigenvalue weighted by Crippen LogP contribution is 2.43. The summed E-state index contributed by atoms with van der Waals surface area (Å²) in [5.41, 5.74) is 3.07. The number of rotatable bonds is 10. The lowest BCUT2D eigenvalue weighted by atomic mass is 9.87. The minimum absolute atomic E-state index is 0.0429. The fourth-order valence-electron chi connectivity index (χ4n) is 5.95. The average molecular weight is 515 g/mol. The van der Waals surface area contributed by atoms with Crippen LogP contribution in [-0.4, -0.2) is 71.4 Å². The Morgan fingerprint density at radius 2 is 1.89 bits per heavy atom. The monoisotopic (exact) mass is 514 g/mol. The topological polar surface area (TPSA) is 54.5 Å². The van der Waals surface area contributed by atoms with E-state index in [1.165, 1.54) is 12.1 Å². The third kappa shape index (κ3) is 5.11. The highest BCUT2D eigenvalue weighted by atomic mass is 19.1.